The Labute approximate surface area is 128 Å². The fourth-order valence-electron chi connectivity index (χ4n) is 1.73. The van der Waals surface area contributed by atoms with Crippen LogP contribution < -0.4 is 9.47 Å². The second kappa shape index (κ2) is 6.67. The number of carbonyl (C=O) groups excluding carboxylic acids is 1. The monoisotopic (exact) mass is 356 g/mol. The predicted molar refractivity (Wildman–Crippen MR) is 76.9 cm³/mol. The molecule has 0 N–H and O–H groups in total. The highest BCUT2D eigenvalue weighted by atomic mass is 79.9. The molecule has 0 atom stereocenters. The van der Waals surface area contributed by atoms with Crippen LogP contribution in [0.5, 0.6) is 11.5 Å². The highest BCUT2D eigenvalue weighted by Crippen LogP contribution is 2.26. The number of halogens is 3. The quantitative estimate of drug-likeness (QED) is 0.600. The Morgan fingerprint density at radius 3 is 2.62 bits per heavy atom. The Morgan fingerprint density at radius 2 is 1.90 bits per heavy atom. The molecule has 0 saturated carbocycles. The average molecular weight is 357 g/mol. The number of carbonyl (C=O) groups is 1. The van der Waals surface area contributed by atoms with E-state index in [1.807, 2.05) is 0 Å². The van der Waals surface area contributed by atoms with Crippen molar-refractivity contribution < 1.29 is 23.0 Å². The van der Waals surface area contributed by atoms with Crippen LogP contribution in [0.15, 0.2) is 40.9 Å². The molecular formula is C15H11BrF2O3. The van der Waals surface area contributed by atoms with Gasteiger partial charge >= 0.3 is 0 Å². The lowest BCUT2D eigenvalue weighted by Crippen LogP contribution is -2.13. The third kappa shape index (κ3) is 3.58. The smallest absolute Gasteiger partial charge is 0.203 e. The van der Waals surface area contributed by atoms with Gasteiger partial charge in [-0.25, -0.2) is 4.39 Å². The first-order valence-electron chi connectivity index (χ1n) is 5.96. The Kier molecular flexibility index (Phi) is 4.90. The zero-order chi connectivity index (χ0) is 15.4. The fourth-order valence-corrected chi connectivity index (χ4v) is 2.14. The second-order valence-electron chi connectivity index (χ2n) is 4.11. The molecule has 0 radical (unpaired) electrons. The molecule has 0 aromatic heterocycles. The van der Waals surface area contributed by atoms with Crippen LogP contribution in [-0.4, -0.2) is 19.5 Å². The number of ketones is 1. The van der Waals surface area contributed by atoms with Crippen LogP contribution >= 0.6 is 15.9 Å². The first kappa shape index (κ1) is 15.4. The van der Waals surface area contributed by atoms with Crippen molar-refractivity contribution in [3.05, 3.63) is 58.1 Å². The molecule has 2 rings (SSSR count). The number of benzene rings is 2. The molecule has 0 aliphatic carbocycles. The van der Waals surface area contributed by atoms with E-state index in [1.165, 1.54) is 13.2 Å². The molecule has 21 heavy (non-hydrogen) atoms. The van der Waals surface area contributed by atoms with Gasteiger partial charge in [-0.1, -0.05) is 28.1 Å². The van der Waals surface area contributed by atoms with Crippen molar-refractivity contribution in [3.8, 4) is 11.5 Å². The van der Waals surface area contributed by atoms with Crippen molar-refractivity contribution in [1.82, 2.24) is 0 Å². The molecule has 2 aromatic rings. The number of Topliss-reactive ketones (excluding diaryl/α,β-unsaturated/α-hetero) is 1. The molecule has 0 aliphatic rings. The van der Waals surface area contributed by atoms with Crippen LogP contribution in [0.4, 0.5) is 8.78 Å². The van der Waals surface area contributed by atoms with Gasteiger partial charge < -0.3 is 9.47 Å². The number of hydrogen-bond acceptors (Lipinski definition) is 3. The van der Waals surface area contributed by atoms with Crippen LogP contribution in [0.2, 0.25) is 0 Å². The van der Waals surface area contributed by atoms with Gasteiger partial charge in [0.05, 0.1) is 12.7 Å². The van der Waals surface area contributed by atoms with Crippen molar-refractivity contribution in [1.29, 1.82) is 0 Å². The van der Waals surface area contributed by atoms with Gasteiger partial charge in [0.15, 0.2) is 18.2 Å². The van der Waals surface area contributed by atoms with Gasteiger partial charge in [-0.3, -0.25) is 4.79 Å². The molecule has 0 bridgehead atoms. The zero-order valence-electron chi connectivity index (χ0n) is 11.0. The van der Waals surface area contributed by atoms with Crippen LogP contribution in [0, 0.1) is 11.6 Å². The summed E-state index contributed by atoms with van der Waals surface area (Å²) in [4.78, 5) is 12.0. The molecule has 0 heterocycles. The largest absolute Gasteiger partial charge is 0.496 e. The normalized spacial score (nSPS) is 10.3. The summed E-state index contributed by atoms with van der Waals surface area (Å²) in [6, 6.07) is 8.84. The minimum absolute atomic E-state index is 0.316. The molecule has 0 amide bonds. The van der Waals surface area contributed by atoms with Crippen molar-refractivity contribution in [3.63, 3.8) is 0 Å². The van der Waals surface area contributed by atoms with Gasteiger partial charge in [0.25, 0.3) is 0 Å². The maximum absolute atomic E-state index is 13.5. The summed E-state index contributed by atoms with van der Waals surface area (Å²) >= 11 is 3.03. The van der Waals surface area contributed by atoms with E-state index in [4.69, 9.17) is 9.47 Å². The number of methoxy groups -OCH3 is 1. The third-order valence-electron chi connectivity index (χ3n) is 2.73. The molecule has 0 saturated heterocycles. The zero-order valence-corrected chi connectivity index (χ0v) is 12.6. The van der Waals surface area contributed by atoms with Crippen molar-refractivity contribution in [2.24, 2.45) is 0 Å². The van der Waals surface area contributed by atoms with E-state index in [1.54, 1.807) is 24.3 Å². The summed E-state index contributed by atoms with van der Waals surface area (Å²) in [5, 5.41) is 0. The highest BCUT2D eigenvalue weighted by Gasteiger charge is 2.15. The Morgan fingerprint density at radius 1 is 1.19 bits per heavy atom. The Balaban J connectivity index is 2.15. The summed E-state index contributed by atoms with van der Waals surface area (Å²) in [5.74, 6) is -2.51. The van der Waals surface area contributed by atoms with E-state index in [-0.39, 0.29) is 5.75 Å². The summed E-state index contributed by atoms with van der Waals surface area (Å²) < 4.78 is 37.2. The molecule has 2 aromatic carbocycles. The lowest BCUT2D eigenvalue weighted by molar-refractivity contribution is 0.0915. The van der Waals surface area contributed by atoms with E-state index in [2.05, 4.69) is 15.9 Å². The van der Waals surface area contributed by atoms with E-state index in [0.717, 1.165) is 6.07 Å². The molecule has 6 heteroatoms. The maximum Gasteiger partial charge on any atom is 0.203 e. The molecular weight excluding hydrogens is 346 g/mol. The average Bonchev–Trinajstić information content (AvgIpc) is 2.49. The first-order chi connectivity index (χ1) is 10.0. The third-order valence-corrected chi connectivity index (χ3v) is 3.18. The summed E-state index contributed by atoms with van der Waals surface area (Å²) in [5.41, 5.74) is 0.316. The van der Waals surface area contributed by atoms with Crippen LogP contribution in [0.25, 0.3) is 0 Å². The van der Waals surface area contributed by atoms with Gasteiger partial charge in [-0.05, 0) is 24.3 Å². The molecule has 0 unspecified atom stereocenters. The Hall–Kier alpha value is -1.95. The summed E-state index contributed by atoms with van der Waals surface area (Å²) in [7, 11) is 1.44. The fraction of sp³-hybridized carbons (Fsp3) is 0.133. The highest BCUT2D eigenvalue weighted by molar-refractivity contribution is 9.10. The van der Waals surface area contributed by atoms with Crippen LogP contribution in [-0.2, 0) is 0 Å². The lowest BCUT2D eigenvalue weighted by Gasteiger charge is -2.10. The standard InChI is InChI=1S/C15H11BrF2O3/c1-20-13-5-3-2-4-10(13)12(19)8-21-14-7-9(16)6-11(17)15(14)18/h2-7H,8H2,1H3. The lowest BCUT2D eigenvalue weighted by atomic mass is 10.1. The second-order valence-corrected chi connectivity index (χ2v) is 5.03. The van der Waals surface area contributed by atoms with Gasteiger partial charge in [0.2, 0.25) is 11.6 Å². The maximum atomic E-state index is 13.5. The van der Waals surface area contributed by atoms with E-state index >= 15 is 0 Å². The van der Waals surface area contributed by atoms with Gasteiger partial charge in [-0.2, -0.15) is 4.39 Å². The van der Waals surface area contributed by atoms with Crippen molar-refractivity contribution >= 4 is 21.7 Å². The van der Waals surface area contributed by atoms with Gasteiger partial charge in [0.1, 0.15) is 5.75 Å². The number of para-hydroxylation sites is 1. The van der Waals surface area contributed by atoms with Gasteiger partial charge in [0, 0.05) is 4.47 Å². The topological polar surface area (TPSA) is 35.5 Å². The van der Waals surface area contributed by atoms with E-state index in [9.17, 15) is 13.6 Å². The van der Waals surface area contributed by atoms with Gasteiger partial charge in [-0.15, -0.1) is 0 Å². The molecule has 3 nitrogen and oxygen atoms in total. The van der Waals surface area contributed by atoms with E-state index < -0.39 is 24.0 Å². The minimum Gasteiger partial charge on any atom is -0.496 e. The van der Waals surface area contributed by atoms with Crippen molar-refractivity contribution in [2.45, 2.75) is 0 Å². The molecule has 0 fully saturated rings. The summed E-state index contributed by atoms with van der Waals surface area (Å²) in [6.07, 6.45) is 0. The minimum atomic E-state index is -1.13. The summed E-state index contributed by atoms with van der Waals surface area (Å²) in [6.45, 7) is -0.423. The number of ether oxygens (including phenoxy) is 2. The first-order valence-corrected chi connectivity index (χ1v) is 6.75. The van der Waals surface area contributed by atoms with E-state index in [0.29, 0.717) is 15.8 Å². The molecule has 0 aliphatic heterocycles. The molecule has 0 spiro atoms. The Bertz CT molecular complexity index is 674. The van der Waals surface area contributed by atoms with Crippen molar-refractivity contribution in [2.75, 3.05) is 13.7 Å². The molecule has 110 valence electrons. The van der Waals surface area contributed by atoms with Crippen LogP contribution in [0.3, 0.4) is 0 Å². The number of hydrogen-bond donors (Lipinski definition) is 0. The SMILES string of the molecule is COc1ccccc1C(=O)COc1cc(Br)cc(F)c1F. The number of rotatable bonds is 5. The van der Waals surface area contributed by atoms with Crippen LogP contribution in [0.1, 0.15) is 10.4 Å². The predicted octanol–water partition coefficient (Wildman–Crippen LogP) is 4.00.